The molecule has 1 N–H and O–H groups in total. The summed E-state index contributed by atoms with van der Waals surface area (Å²) in [6, 6.07) is 5.40. The average molecular weight is 405 g/mol. The minimum absolute atomic E-state index is 0.0551. The number of nitrogens with one attached hydrogen (secondary N) is 1. The predicted octanol–water partition coefficient (Wildman–Crippen LogP) is 3.42. The Labute approximate surface area is 146 Å². The van der Waals surface area contributed by atoms with Gasteiger partial charge >= 0.3 is 12.4 Å². The van der Waals surface area contributed by atoms with E-state index in [1.807, 2.05) is 0 Å². The third kappa shape index (κ3) is 4.22. The van der Waals surface area contributed by atoms with E-state index in [1.54, 1.807) is 11.8 Å². The van der Waals surface area contributed by atoms with Gasteiger partial charge < -0.3 is 4.90 Å². The van der Waals surface area contributed by atoms with E-state index in [2.05, 4.69) is 5.10 Å². The lowest BCUT2D eigenvalue weighted by atomic mass is 9.98. The summed E-state index contributed by atoms with van der Waals surface area (Å²) in [6.07, 6.45) is -11.3. The molecule has 1 aromatic rings. The number of sulfonamides is 1. The third-order valence-electron chi connectivity index (χ3n) is 3.92. The summed E-state index contributed by atoms with van der Waals surface area (Å²) in [7, 11) is -3.72. The monoisotopic (exact) mass is 405 g/mol. The molecule has 1 rings (SSSR count). The summed E-state index contributed by atoms with van der Waals surface area (Å²) in [6.45, 7) is 2.48. The number of hydrogen-bond donors (Lipinski definition) is 1. The smallest absolute Gasteiger partial charge is 0.340 e. The van der Waals surface area contributed by atoms with Crippen LogP contribution < -0.4 is 4.83 Å². The summed E-state index contributed by atoms with van der Waals surface area (Å²) < 4.78 is 102. The van der Waals surface area contributed by atoms with Crippen molar-refractivity contribution in [2.45, 2.75) is 43.6 Å². The first kappa shape index (κ1) is 22.1. The number of hydrogen-bond acceptors (Lipinski definition) is 3. The van der Waals surface area contributed by atoms with Crippen molar-refractivity contribution < 1.29 is 34.8 Å². The molecule has 148 valence electrons. The first-order chi connectivity index (χ1) is 11.5. The van der Waals surface area contributed by atoms with E-state index in [1.165, 1.54) is 24.3 Å². The van der Waals surface area contributed by atoms with E-state index in [0.717, 1.165) is 12.5 Å². The summed E-state index contributed by atoms with van der Waals surface area (Å²) in [5.74, 6) is -0.821. The van der Waals surface area contributed by atoms with Crippen LogP contribution in [0.25, 0.3) is 0 Å². The second kappa shape index (κ2) is 6.97. The highest BCUT2D eigenvalue weighted by Gasteiger charge is 2.70. The molecule has 12 heteroatoms. The lowest BCUT2D eigenvalue weighted by Crippen LogP contribution is -2.65. The zero-order valence-corrected chi connectivity index (χ0v) is 15.0. The lowest BCUT2D eigenvalue weighted by molar-refractivity contribution is -0.321. The SMILES string of the molecule is C/C(=N\NS(=O)(=O)c1ccc(C)cc1)N(C)C(C)(C(F)(F)F)C(F)(F)F. The van der Waals surface area contributed by atoms with Crippen molar-refractivity contribution >= 4 is 15.9 Å². The Bertz CT molecular complexity index is 755. The zero-order valence-electron chi connectivity index (χ0n) is 14.2. The largest absolute Gasteiger partial charge is 0.420 e. The average Bonchev–Trinajstić information content (AvgIpc) is 2.49. The number of alkyl halides is 6. The number of amidine groups is 1. The minimum atomic E-state index is -5.67. The van der Waals surface area contributed by atoms with Gasteiger partial charge in [-0.15, -0.1) is 0 Å². The second-order valence-electron chi connectivity index (χ2n) is 5.69. The van der Waals surface area contributed by atoms with Crippen LogP contribution in [-0.2, 0) is 10.0 Å². The van der Waals surface area contributed by atoms with Crippen LogP contribution in [-0.4, -0.2) is 44.1 Å². The highest BCUT2D eigenvalue weighted by molar-refractivity contribution is 7.89. The Balaban J connectivity index is 3.17. The van der Waals surface area contributed by atoms with Crippen LogP contribution in [0, 0.1) is 6.92 Å². The van der Waals surface area contributed by atoms with Crippen molar-refractivity contribution in [3.05, 3.63) is 29.8 Å². The molecule has 26 heavy (non-hydrogen) atoms. The van der Waals surface area contributed by atoms with Crippen LogP contribution in [0.3, 0.4) is 0 Å². The molecule has 0 aliphatic heterocycles. The van der Waals surface area contributed by atoms with Crippen molar-refractivity contribution in [3.8, 4) is 0 Å². The van der Waals surface area contributed by atoms with Gasteiger partial charge in [-0.3, -0.25) is 0 Å². The maximum atomic E-state index is 13.0. The van der Waals surface area contributed by atoms with Crippen LogP contribution in [0.15, 0.2) is 34.3 Å². The van der Waals surface area contributed by atoms with Crippen LogP contribution in [0.5, 0.6) is 0 Å². The molecule has 0 spiro atoms. The normalized spacial score (nSPS) is 14.3. The first-order valence-electron chi connectivity index (χ1n) is 7.04. The maximum Gasteiger partial charge on any atom is 0.420 e. The molecular formula is C14H17F6N3O2S. The Hall–Kier alpha value is -1.98. The van der Waals surface area contributed by atoms with E-state index < -0.39 is 33.8 Å². The standard InChI is InChI=1S/C14H17F6N3O2S/c1-9-5-7-11(8-6-9)26(24,25)22-21-10(2)23(4)12(3,13(15,16)17)14(18,19)20/h5-8,22H,1-4H3/b21-10+. The molecule has 0 radical (unpaired) electrons. The van der Waals surface area contributed by atoms with E-state index >= 15 is 0 Å². The van der Waals surface area contributed by atoms with Gasteiger partial charge in [-0.25, -0.2) is 0 Å². The van der Waals surface area contributed by atoms with Crippen molar-refractivity contribution in [1.29, 1.82) is 0 Å². The quantitative estimate of drug-likeness (QED) is 0.361. The topological polar surface area (TPSA) is 61.8 Å². The third-order valence-corrected chi connectivity index (χ3v) is 5.14. The highest BCUT2D eigenvalue weighted by atomic mass is 32.2. The van der Waals surface area contributed by atoms with Crippen LogP contribution >= 0.6 is 0 Å². The number of benzene rings is 1. The molecule has 0 atom stereocenters. The molecule has 0 fully saturated rings. The Morgan fingerprint density at radius 3 is 1.85 bits per heavy atom. The fourth-order valence-electron chi connectivity index (χ4n) is 1.84. The van der Waals surface area contributed by atoms with E-state index in [9.17, 15) is 34.8 Å². The van der Waals surface area contributed by atoms with Gasteiger partial charge in [0.1, 0.15) is 5.84 Å². The van der Waals surface area contributed by atoms with Crippen molar-refractivity contribution in [2.75, 3.05) is 7.05 Å². The summed E-state index contributed by atoms with van der Waals surface area (Å²) in [5.41, 5.74) is -3.49. The molecule has 0 unspecified atom stereocenters. The Morgan fingerprint density at radius 1 is 1.04 bits per heavy atom. The minimum Gasteiger partial charge on any atom is -0.340 e. The lowest BCUT2D eigenvalue weighted by Gasteiger charge is -2.41. The zero-order chi connectivity index (χ0) is 20.6. The molecule has 1 aromatic carbocycles. The number of nitrogens with zero attached hydrogens (tertiary/aromatic N) is 2. The molecule has 0 aliphatic carbocycles. The van der Waals surface area contributed by atoms with Gasteiger partial charge in [0.25, 0.3) is 10.0 Å². The molecular weight excluding hydrogens is 388 g/mol. The predicted molar refractivity (Wildman–Crippen MR) is 82.9 cm³/mol. The van der Waals surface area contributed by atoms with Gasteiger partial charge in [0.15, 0.2) is 0 Å². The van der Waals surface area contributed by atoms with E-state index in [0.29, 0.717) is 7.05 Å². The summed E-state index contributed by atoms with van der Waals surface area (Å²) >= 11 is 0. The number of rotatable bonds is 4. The van der Waals surface area contributed by atoms with Crippen LogP contribution in [0.2, 0.25) is 0 Å². The fraction of sp³-hybridized carbons (Fsp3) is 0.500. The second-order valence-corrected chi connectivity index (χ2v) is 7.35. The van der Waals surface area contributed by atoms with Gasteiger partial charge in [0, 0.05) is 7.05 Å². The number of hydrazone groups is 1. The molecule has 0 saturated heterocycles. The molecule has 0 heterocycles. The fourth-order valence-corrected chi connectivity index (χ4v) is 2.69. The van der Waals surface area contributed by atoms with Crippen LogP contribution in [0.1, 0.15) is 19.4 Å². The molecule has 0 aromatic heterocycles. The highest BCUT2D eigenvalue weighted by Crippen LogP contribution is 2.46. The summed E-state index contributed by atoms with van der Waals surface area (Å²) in [4.78, 5) is 1.22. The van der Waals surface area contributed by atoms with Crippen molar-refractivity contribution in [2.24, 2.45) is 5.10 Å². The van der Waals surface area contributed by atoms with Gasteiger partial charge in [-0.1, -0.05) is 17.7 Å². The molecule has 0 amide bonds. The Kier molecular flexibility index (Phi) is 5.91. The molecule has 0 aliphatic rings. The van der Waals surface area contributed by atoms with Gasteiger partial charge in [0.05, 0.1) is 4.90 Å². The number of halogens is 6. The first-order valence-corrected chi connectivity index (χ1v) is 8.52. The molecule has 0 bridgehead atoms. The van der Waals surface area contributed by atoms with E-state index in [-0.39, 0.29) is 16.7 Å². The molecule has 5 nitrogen and oxygen atoms in total. The van der Waals surface area contributed by atoms with E-state index in [4.69, 9.17) is 0 Å². The van der Waals surface area contributed by atoms with Crippen LogP contribution in [0.4, 0.5) is 26.3 Å². The van der Waals surface area contributed by atoms with Gasteiger partial charge in [-0.2, -0.15) is 44.7 Å². The number of aryl methyl sites for hydroxylation is 1. The van der Waals surface area contributed by atoms with Crippen molar-refractivity contribution in [1.82, 2.24) is 9.73 Å². The Morgan fingerprint density at radius 2 is 1.46 bits per heavy atom. The summed E-state index contributed by atoms with van der Waals surface area (Å²) in [5, 5.41) is 3.19. The van der Waals surface area contributed by atoms with Gasteiger partial charge in [0.2, 0.25) is 5.54 Å². The van der Waals surface area contributed by atoms with Crippen molar-refractivity contribution in [3.63, 3.8) is 0 Å². The maximum absolute atomic E-state index is 13.0. The molecule has 0 saturated carbocycles. The van der Waals surface area contributed by atoms with Gasteiger partial charge in [-0.05, 0) is 32.9 Å².